The van der Waals surface area contributed by atoms with E-state index in [1.807, 2.05) is 0 Å². The SMILES string of the molecule is O=C(NC1CCC(O)CC1)c1cccc(-c2ncnc(Nc3ccc(OC(F)(F)F)cn3)n2)c1. The number of nitrogens with one attached hydrogen (secondary N) is 2. The largest absolute Gasteiger partial charge is 0.573 e. The molecule has 0 radical (unpaired) electrons. The Morgan fingerprint density at radius 3 is 2.56 bits per heavy atom. The Morgan fingerprint density at radius 1 is 1.06 bits per heavy atom. The molecule has 34 heavy (non-hydrogen) atoms. The van der Waals surface area contributed by atoms with E-state index in [-0.39, 0.29) is 29.8 Å². The van der Waals surface area contributed by atoms with Gasteiger partial charge in [-0.2, -0.15) is 4.98 Å². The molecule has 1 fully saturated rings. The molecule has 0 atom stereocenters. The van der Waals surface area contributed by atoms with Crippen LogP contribution in [-0.2, 0) is 0 Å². The third-order valence-corrected chi connectivity index (χ3v) is 5.20. The van der Waals surface area contributed by atoms with E-state index in [0.29, 0.717) is 29.8 Å². The Kier molecular flexibility index (Phi) is 6.87. The zero-order chi connectivity index (χ0) is 24.1. The van der Waals surface area contributed by atoms with Gasteiger partial charge >= 0.3 is 6.36 Å². The van der Waals surface area contributed by atoms with Gasteiger partial charge in [-0.25, -0.2) is 15.0 Å². The smallest absolute Gasteiger partial charge is 0.404 e. The van der Waals surface area contributed by atoms with Crippen LogP contribution in [0.1, 0.15) is 36.0 Å². The summed E-state index contributed by atoms with van der Waals surface area (Å²) in [6.45, 7) is 0. The average molecular weight is 474 g/mol. The summed E-state index contributed by atoms with van der Waals surface area (Å²) in [5.74, 6) is -0.0464. The van der Waals surface area contributed by atoms with Crippen molar-refractivity contribution in [3.63, 3.8) is 0 Å². The van der Waals surface area contributed by atoms with Crippen LogP contribution < -0.4 is 15.4 Å². The Hall–Kier alpha value is -3.80. The van der Waals surface area contributed by atoms with E-state index < -0.39 is 12.1 Å². The molecule has 1 amide bonds. The number of hydrogen-bond donors (Lipinski definition) is 3. The number of carbonyl (C=O) groups is 1. The second-order valence-electron chi connectivity index (χ2n) is 7.74. The number of ether oxygens (including phenoxy) is 1. The minimum Gasteiger partial charge on any atom is -0.404 e. The molecule has 3 aromatic rings. The summed E-state index contributed by atoms with van der Waals surface area (Å²) in [6, 6.07) is 9.23. The van der Waals surface area contributed by atoms with E-state index in [2.05, 4.69) is 35.3 Å². The third kappa shape index (κ3) is 6.38. The molecule has 0 bridgehead atoms. The van der Waals surface area contributed by atoms with Gasteiger partial charge < -0.3 is 20.5 Å². The molecule has 1 saturated carbocycles. The minimum absolute atomic E-state index is 0.0213. The van der Waals surface area contributed by atoms with Crippen molar-refractivity contribution in [1.29, 1.82) is 0 Å². The van der Waals surface area contributed by atoms with Gasteiger partial charge in [0.15, 0.2) is 5.82 Å². The number of pyridine rings is 1. The quantitative estimate of drug-likeness (QED) is 0.495. The van der Waals surface area contributed by atoms with Gasteiger partial charge in [-0.1, -0.05) is 12.1 Å². The van der Waals surface area contributed by atoms with Crippen molar-refractivity contribution in [2.24, 2.45) is 0 Å². The van der Waals surface area contributed by atoms with Crippen LogP contribution in [0.3, 0.4) is 0 Å². The van der Waals surface area contributed by atoms with Gasteiger partial charge in [0, 0.05) is 17.2 Å². The summed E-state index contributed by atoms with van der Waals surface area (Å²) in [5, 5.41) is 15.4. The van der Waals surface area contributed by atoms with Crippen molar-refractivity contribution in [1.82, 2.24) is 25.3 Å². The summed E-state index contributed by atoms with van der Waals surface area (Å²) in [6.07, 6.45) is -0.122. The lowest BCUT2D eigenvalue weighted by molar-refractivity contribution is -0.274. The summed E-state index contributed by atoms with van der Waals surface area (Å²) < 4.78 is 40.6. The van der Waals surface area contributed by atoms with Crippen LogP contribution in [0.5, 0.6) is 5.75 Å². The van der Waals surface area contributed by atoms with Crippen molar-refractivity contribution in [2.45, 2.75) is 44.2 Å². The van der Waals surface area contributed by atoms with Crippen molar-refractivity contribution < 1.29 is 27.8 Å². The highest BCUT2D eigenvalue weighted by atomic mass is 19.4. The molecule has 3 N–H and O–H groups in total. The zero-order valence-electron chi connectivity index (χ0n) is 17.8. The number of aliphatic hydroxyl groups excluding tert-OH is 1. The maximum Gasteiger partial charge on any atom is 0.573 e. The van der Waals surface area contributed by atoms with Crippen LogP contribution in [-0.4, -0.2) is 49.5 Å². The molecule has 1 aliphatic rings. The fourth-order valence-electron chi connectivity index (χ4n) is 3.55. The van der Waals surface area contributed by atoms with E-state index in [1.165, 1.54) is 12.4 Å². The highest BCUT2D eigenvalue weighted by Crippen LogP contribution is 2.24. The van der Waals surface area contributed by atoms with Crippen molar-refractivity contribution in [2.75, 3.05) is 5.32 Å². The molecule has 12 heteroatoms. The van der Waals surface area contributed by atoms with Crippen LogP contribution in [0.2, 0.25) is 0 Å². The number of benzene rings is 1. The Balaban J connectivity index is 1.44. The second kappa shape index (κ2) is 10.00. The van der Waals surface area contributed by atoms with Crippen LogP contribution >= 0.6 is 0 Å². The van der Waals surface area contributed by atoms with E-state index in [9.17, 15) is 23.1 Å². The van der Waals surface area contributed by atoms with Crippen molar-refractivity contribution in [3.05, 3.63) is 54.5 Å². The van der Waals surface area contributed by atoms with Crippen LogP contribution in [0.15, 0.2) is 48.9 Å². The number of halogens is 3. The number of aliphatic hydroxyl groups is 1. The van der Waals surface area contributed by atoms with E-state index in [0.717, 1.165) is 25.1 Å². The van der Waals surface area contributed by atoms with Gasteiger partial charge in [0.05, 0.1) is 12.3 Å². The average Bonchev–Trinajstić information content (AvgIpc) is 2.81. The Labute approximate surface area is 192 Å². The van der Waals surface area contributed by atoms with Crippen LogP contribution in [0.4, 0.5) is 24.9 Å². The molecule has 0 aliphatic heterocycles. The van der Waals surface area contributed by atoms with E-state index in [4.69, 9.17) is 0 Å². The fourth-order valence-corrected chi connectivity index (χ4v) is 3.55. The monoisotopic (exact) mass is 474 g/mol. The van der Waals surface area contributed by atoms with E-state index >= 15 is 0 Å². The van der Waals surface area contributed by atoms with Crippen LogP contribution in [0, 0.1) is 0 Å². The van der Waals surface area contributed by atoms with Crippen molar-refractivity contribution in [3.8, 4) is 17.1 Å². The molecule has 1 aliphatic carbocycles. The number of alkyl halides is 3. The molecular weight excluding hydrogens is 453 g/mol. The van der Waals surface area contributed by atoms with Gasteiger partial charge in [-0.05, 0) is 49.9 Å². The molecule has 1 aromatic carbocycles. The van der Waals surface area contributed by atoms with Gasteiger partial charge in [0.1, 0.15) is 17.9 Å². The predicted molar refractivity (Wildman–Crippen MR) is 115 cm³/mol. The predicted octanol–water partition coefficient (Wildman–Crippen LogP) is 3.61. The van der Waals surface area contributed by atoms with Gasteiger partial charge in [0.25, 0.3) is 5.91 Å². The lowest BCUT2D eigenvalue weighted by atomic mass is 9.93. The lowest BCUT2D eigenvalue weighted by Gasteiger charge is -2.26. The van der Waals surface area contributed by atoms with Gasteiger partial charge in [-0.15, -0.1) is 13.2 Å². The molecule has 2 aromatic heterocycles. The topological polar surface area (TPSA) is 122 Å². The first-order valence-electron chi connectivity index (χ1n) is 10.5. The Bertz CT molecular complexity index is 1140. The maximum absolute atomic E-state index is 12.7. The highest BCUT2D eigenvalue weighted by molar-refractivity contribution is 5.95. The molecule has 0 saturated heterocycles. The van der Waals surface area contributed by atoms with Crippen LogP contribution in [0.25, 0.3) is 11.4 Å². The molecule has 0 spiro atoms. The first-order chi connectivity index (χ1) is 16.2. The normalized spacial score (nSPS) is 18.2. The van der Waals surface area contributed by atoms with Gasteiger partial charge in [-0.3, -0.25) is 4.79 Å². The molecule has 9 nitrogen and oxygen atoms in total. The number of hydrogen-bond acceptors (Lipinski definition) is 8. The van der Waals surface area contributed by atoms with Gasteiger partial charge in [0.2, 0.25) is 5.95 Å². The Morgan fingerprint density at radius 2 is 1.85 bits per heavy atom. The summed E-state index contributed by atoms with van der Waals surface area (Å²) >= 11 is 0. The highest BCUT2D eigenvalue weighted by Gasteiger charge is 2.31. The number of rotatable bonds is 6. The third-order valence-electron chi connectivity index (χ3n) is 5.20. The maximum atomic E-state index is 12.7. The zero-order valence-corrected chi connectivity index (χ0v) is 17.8. The first kappa shape index (κ1) is 23.4. The summed E-state index contributed by atoms with van der Waals surface area (Å²) in [5.41, 5.74) is 1.03. The van der Waals surface area contributed by atoms with E-state index in [1.54, 1.807) is 24.3 Å². The first-order valence-corrected chi connectivity index (χ1v) is 10.5. The summed E-state index contributed by atoms with van der Waals surface area (Å²) in [7, 11) is 0. The van der Waals surface area contributed by atoms with Crippen molar-refractivity contribution >= 4 is 17.7 Å². The lowest BCUT2D eigenvalue weighted by Crippen LogP contribution is -2.38. The molecule has 4 rings (SSSR count). The minimum atomic E-state index is -4.80. The summed E-state index contributed by atoms with van der Waals surface area (Å²) in [4.78, 5) is 29.0. The molecule has 0 unspecified atom stereocenters. The number of nitrogens with zero attached hydrogens (tertiary/aromatic N) is 4. The molecular formula is C22H21F3N6O3. The number of carbonyl (C=O) groups excluding carboxylic acids is 1. The second-order valence-corrected chi connectivity index (χ2v) is 7.74. The molecule has 178 valence electrons. The number of amides is 1. The number of aromatic nitrogens is 4. The molecule has 2 heterocycles. The number of anilines is 2. The standard InChI is InChI=1S/C22H21F3N6O3/c23-22(24,25)34-17-8-9-18(26-11-17)30-21-28-12-27-19(31-21)13-2-1-3-14(10-13)20(33)29-15-4-6-16(32)7-5-15/h1-3,8-12,15-16,32H,4-7H2,(H,29,33)(H,26,27,28,30,31). The fraction of sp³-hybridized carbons (Fsp3) is 0.318.